The van der Waals surface area contributed by atoms with Crippen LogP contribution in [0.1, 0.15) is 22.8 Å². The molecule has 0 aliphatic heterocycles. The number of carbonyl (C=O) groups excluding carboxylic acids is 1. The van der Waals surface area contributed by atoms with E-state index < -0.39 is 18.0 Å². The maximum atomic E-state index is 14.5. The van der Waals surface area contributed by atoms with E-state index in [2.05, 4.69) is 25.7 Å². The van der Waals surface area contributed by atoms with E-state index in [1.165, 1.54) is 56.5 Å². The molecule has 176 valence electrons. The van der Waals surface area contributed by atoms with Crippen molar-refractivity contribution in [3.05, 3.63) is 53.9 Å². The Bertz CT molecular complexity index is 1100. The van der Waals surface area contributed by atoms with Gasteiger partial charge in [0.15, 0.2) is 17.3 Å². The zero-order valence-corrected chi connectivity index (χ0v) is 18.4. The molecule has 0 bridgehead atoms. The van der Waals surface area contributed by atoms with Gasteiger partial charge in [0.25, 0.3) is 5.91 Å². The third kappa shape index (κ3) is 6.14. The number of nitrogens with one attached hydrogen (secondary N) is 2. The second-order valence-electron chi connectivity index (χ2n) is 7.47. The molecule has 12 heteroatoms. The van der Waals surface area contributed by atoms with Crippen LogP contribution in [-0.4, -0.2) is 62.2 Å². The van der Waals surface area contributed by atoms with E-state index in [0.29, 0.717) is 11.4 Å². The predicted octanol–water partition coefficient (Wildman–Crippen LogP) is 1.25. The Hall–Kier alpha value is -3.77. The van der Waals surface area contributed by atoms with Crippen molar-refractivity contribution in [2.24, 2.45) is 0 Å². The fourth-order valence-electron chi connectivity index (χ4n) is 2.84. The third-order valence-corrected chi connectivity index (χ3v) is 4.58. The van der Waals surface area contributed by atoms with Crippen LogP contribution in [0.5, 0.6) is 11.5 Å². The van der Waals surface area contributed by atoms with Crippen molar-refractivity contribution in [1.82, 2.24) is 25.1 Å². The number of anilines is 2. The lowest BCUT2D eigenvalue weighted by Crippen LogP contribution is -2.34. The van der Waals surface area contributed by atoms with Gasteiger partial charge in [0, 0.05) is 24.4 Å². The van der Waals surface area contributed by atoms with E-state index in [4.69, 9.17) is 14.6 Å². The number of hydrogen-bond acceptors (Lipinski definition) is 9. The van der Waals surface area contributed by atoms with Gasteiger partial charge in [0.2, 0.25) is 5.95 Å². The number of halogens is 1. The molecule has 11 nitrogen and oxygen atoms in total. The highest BCUT2D eigenvalue weighted by Gasteiger charge is 2.20. The van der Waals surface area contributed by atoms with E-state index in [9.17, 15) is 14.3 Å². The second-order valence-corrected chi connectivity index (χ2v) is 7.47. The molecule has 2 aromatic heterocycles. The molecular formula is C21H25FN6O5. The molecule has 1 atom stereocenters. The minimum atomic E-state index is -1.29. The summed E-state index contributed by atoms with van der Waals surface area (Å²) in [7, 11) is 2.79. The Morgan fingerprint density at radius 2 is 2.00 bits per heavy atom. The summed E-state index contributed by atoms with van der Waals surface area (Å²) < 4.78 is 26.6. The normalized spacial score (nSPS) is 12.7. The SMILES string of the molecule is CNC(=O)c1cc(COc2cnc(Nc3cnn(C[C@](C)(O)CO)c3)nc2)c(F)c(OC)c1. The lowest BCUT2D eigenvalue weighted by atomic mass is 10.1. The fraction of sp³-hybridized carbons (Fsp3) is 0.333. The fourth-order valence-corrected chi connectivity index (χ4v) is 2.84. The molecule has 3 rings (SSSR count). The van der Waals surface area contributed by atoms with Crippen LogP contribution in [0.2, 0.25) is 0 Å². The van der Waals surface area contributed by atoms with Crippen molar-refractivity contribution in [1.29, 1.82) is 0 Å². The molecule has 2 heterocycles. The Labute approximate surface area is 189 Å². The van der Waals surface area contributed by atoms with Crippen molar-refractivity contribution in [3.63, 3.8) is 0 Å². The number of aromatic nitrogens is 4. The van der Waals surface area contributed by atoms with Gasteiger partial charge in [-0.2, -0.15) is 5.10 Å². The number of ether oxygens (including phenoxy) is 2. The van der Waals surface area contributed by atoms with E-state index in [1.54, 1.807) is 6.20 Å². The Morgan fingerprint density at radius 1 is 1.27 bits per heavy atom. The van der Waals surface area contributed by atoms with E-state index in [-0.39, 0.29) is 41.9 Å². The quantitative estimate of drug-likeness (QED) is 0.351. The van der Waals surface area contributed by atoms with Gasteiger partial charge in [0.05, 0.1) is 44.5 Å². The van der Waals surface area contributed by atoms with E-state index >= 15 is 0 Å². The molecule has 0 saturated carbocycles. The van der Waals surface area contributed by atoms with Gasteiger partial charge in [-0.25, -0.2) is 14.4 Å². The smallest absolute Gasteiger partial charge is 0.251 e. The number of methoxy groups -OCH3 is 1. The van der Waals surface area contributed by atoms with Crippen LogP contribution in [-0.2, 0) is 13.2 Å². The predicted molar refractivity (Wildman–Crippen MR) is 116 cm³/mol. The maximum Gasteiger partial charge on any atom is 0.251 e. The zero-order valence-electron chi connectivity index (χ0n) is 18.4. The average Bonchev–Trinajstić information content (AvgIpc) is 3.24. The molecule has 0 radical (unpaired) electrons. The first-order chi connectivity index (χ1) is 15.7. The average molecular weight is 460 g/mol. The summed E-state index contributed by atoms with van der Waals surface area (Å²) >= 11 is 0. The number of amides is 1. The second kappa shape index (κ2) is 10.2. The van der Waals surface area contributed by atoms with Crippen molar-refractivity contribution in [3.8, 4) is 11.5 Å². The molecule has 0 saturated heterocycles. The number of rotatable bonds is 10. The number of nitrogens with zero attached hydrogens (tertiary/aromatic N) is 4. The number of aliphatic hydroxyl groups is 2. The number of hydrogen-bond donors (Lipinski definition) is 4. The van der Waals surface area contributed by atoms with Gasteiger partial charge in [0.1, 0.15) is 12.2 Å². The molecule has 33 heavy (non-hydrogen) atoms. The summed E-state index contributed by atoms with van der Waals surface area (Å²) in [5.74, 6) is -0.506. The van der Waals surface area contributed by atoms with Crippen molar-refractivity contribution < 1.29 is 28.9 Å². The summed E-state index contributed by atoms with van der Waals surface area (Å²) in [6.45, 7) is 1.05. The number of carbonyl (C=O) groups is 1. The van der Waals surface area contributed by atoms with Crippen LogP contribution < -0.4 is 20.1 Å². The highest BCUT2D eigenvalue weighted by atomic mass is 19.1. The Kier molecular flexibility index (Phi) is 7.41. The number of benzene rings is 1. The highest BCUT2D eigenvalue weighted by Crippen LogP contribution is 2.24. The molecule has 0 fully saturated rings. The summed E-state index contributed by atoms with van der Waals surface area (Å²) in [6.07, 6.45) is 5.98. The minimum absolute atomic E-state index is 0.0634. The summed E-state index contributed by atoms with van der Waals surface area (Å²) in [5, 5.41) is 28.6. The Balaban J connectivity index is 1.64. The van der Waals surface area contributed by atoms with Crippen molar-refractivity contribution in [2.45, 2.75) is 25.7 Å². The van der Waals surface area contributed by atoms with Gasteiger partial charge in [-0.3, -0.25) is 9.48 Å². The maximum absolute atomic E-state index is 14.5. The minimum Gasteiger partial charge on any atom is -0.494 e. The topological polar surface area (TPSA) is 144 Å². The molecular weight excluding hydrogens is 435 g/mol. The molecule has 0 aliphatic carbocycles. The van der Waals surface area contributed by atoms with Crippen LogP contribution >= 0.6 is 0 Å². The molecule has 4 N–H and O–H groups in total. The summed E-state index contributed by atoms with van der Waals surface area (Å²) in [4.78, 5) is 20.2. The zero-order chi connectivity index (χ0) is 24.0. The molecule has 0 spiro atoms. The standard InChI is InChI=1S/C21H25FN6O5/c1-21(31,12-29)11-28-9-15(6-26-28)27-20-24-7-16(8-25-20)33-10-14-4-13(19(30)23-2)5-17(32-3)18(14)22/h4-9,29,31H,10-12H2,1-3H3,(H,23,30)(H,24,25,27)/t21-/m0/s1. The lowest BCUT2D eigenvalue weighted by molar-refractivity contribution is -0.0145. The monoisotopic (exact) mass is 460 g/mol. The van der Waals surface area contributed by atoms with E-state index in [0.717, 1.165) is 0 Å². The molecule has 1 aromatic carbocycles. The summed E-state index contributed by atoms with van der Waals surface area (Å²) in [6, 6.07) is 2.70. The van der Waals surface area contributed by atoms with Crippen LogP contribution in [0.25, 0.3) is 0 Å². The third-order valence-electron chi connectivity index (χ3n) is 4.58. The molecule has 3 aromatic rings. The van der Waals surface area contributed by atoms with Crippen molar-refractivity contribution in [2.75, 3.05) is 26.1 Å². The molecule has 0 aliphatic rings. The van der Waals surface area contributed by atoms with Crippen LogP contribution in [0.3, 0.4) is 0 Å². The largest absolute Gasteiger partial charge is 0.494 e. The van der Waals surface area contributed by atoms with Crippen LogP contribution in [0.4, 0.5) is 16.0 Å². The summed E-state index contributed by atoms with van der Waals surface area (Å²) in [5.41, 5.74) is -0.326. The van der Waals surface area contributed by atoms with Gasteiger partial charge < -0.3 is 30.3 Å². The first-order valence-corrected chi connectivity index (χ1v) is 9.90. The molecule has 0 unspecified atom stereocenters. The van der Waals surface area contributed by atoms with Gasteiger partial charge >= 0.3 is 0 Å². The first kappa shape index (κ1) is 23.9. The van der Waals surface area contributed by atoms with Gasteiger partial charge in [-0.15, -0.1) is 0 Å². The van der Waals surface area contributed by atoms with Crippen LogP contribution in [0.15, 0.2) is 36.9 Å². The first-order valence-electron chi connectivity index (χ1n) is 9.90. The van der Waals surface area contributed by atoms with Gasteiger partial charge in [-0.1, -0.05) is 0 Å². The highest BCUT2D eigenvalue weighted by molar-refractivity contribution is 5.94. The number of aliphatic hydroxyl groups excluding tert-OH is 1. The molecule has 1 amide bonds. The van der Waals surface area contributed by atoms with Crippen LogP contribution in [0, 0.1) is 5.82 Å². The van der Waals surface area contributed by atoms with Gasteiger partial charge in [-0.05, 0) is 19.1 Å². The Morgan fingerprint density at radius 3 is 2.64 bits per heavy atom. The van der Waals surface area contributed by atoms with E-state index in [1.807, 2.05) is 0 Å². The van der Waals surface area contributed by atoms with Crippen molar-refractivity contribution >= 4 is 17.5 Å². The lowest BCUT2D eigenvalue weighted by Gasteiger charge is -2.19.